The van der Waals surface area contributed by atoms with Crippen molar-refractivity contribution in [2.75, 3.05) is 0 Å². The summed E-state index contributed by atoms with van der Waals surface area (Å²) in [4.78, 5) is 12.2. The van der Waals surface area contributed by atoms with Crippen molar-refractivity contribution in [3.63, 3.8) is 0 Å². The summed E-state index contributed by atoms with van der Waals surface area (Å²) in [6.07, 6.45) is 0.158. The molecular formula is C25H34F3N3O3S. The molecule has 0 aliphatic heterocycles. The predicted octanol–water partition coefficient (Wildman–Crippen LogP) is 5.17. The molecular weight excluding hydrogens is 479 g/mol. The first-order chi connectivity index (χ1) is 16.1. The second kappa shape index (κ2) is 9.97. The lowest BCUT2D eigenvalue weighted by molar-refractivity contribution is -0.138. The van der Waals surface area contributed by atoms with Crippen molar-refractivity contribution in [1.29, 1.82) is 0 Å². The maximum atomic E-state index is 14.0. The molecule has 3 rings (SSSR count). The minimum atomic E-state index is -4.69. The second-order valence-corrected chi connectivity index (χ2v) is 12.0. The Kier molecular flexibility index (Phi) is 7.76. The zero-order valence-electron chi connectivity index (χ0n) is 20.6. The van der Waals surface area contributed by atoms with E-state index in [9.17, 15) is 26.4 Å². The Hall–Kier alpha value is -2.33. The van der Waals surface area contributed by atoms with Crippen molar-refractivity contribution < 1.29 is 26.4 Å². The van der Waals surface area contributed by atoms with E-state index in [2.05, 4.69) is 5.32 Å². The smallest absolute Gasteiger partial charge is 0.351 e. The summed E-state index contributed by atoms with van der Waals surface area (Å²) in [5.74, 6) is -0.201. The lowest BCUT2D eigenvalue weighted by Crippen LogP contribution is -2.41. The van der Waals surface area contributed by atoms with Crippen molar-refractivity contribution in [2.45, 2.75) is 89.4 Å². The summed E-state index contributed by atoms with van der Waals surface area (Å²) in [7, 11) is -4.06. The molecule has 1 aliphatic carbocycles. The van der Waals surface area contributed by atoms with Gasteiger partial charge < -0.3 is 9.88 Å². The van der Waals surface area contributed by atoms with Crippen molar-refractivity contribution in [3.05, 3.63) is 41.1 Å². The normalized spacial score (nSPS) is 15.9. The zero-order chi connectivity index (χ0) is 26.2. The number of aromatic nitrogens is 1. The van der Waals surface area contributed by atoms with Crippen LogP contribution in [0.2, 0.25) is 0 Å². The molecule has 6 nitrogen and oxygen atoms in total. The fourth-order valence-electron chi connectivity index (χ4n) is 4.80. The van der Waals surface area contributed by atoms with Gasteiger partial charge in [0.1, 0.15) is 4.90 Å². The van der Waals surface area contributed by atoms with Crippen LogP contribution in [0.15, 0.2) is 29.2 Å². The number of nitrogens with zero attached hydrogens (tertiary/aromatic N) is 1. The molecule has 1 aliphatic rings. The molecule has 1 saturated carbocycles. The van der Waals surface area contributed by atoms with Crippen molar-refractivity contribution in [2.24, 2.45) is 11.1 Å². The zero-order valence-corrected chi connectivity index (χ0v) is 21.4. The van der Waals surface area contributed by atoms with E-state index in [1.807, 2.05) is 0 Å². The summed E-state index contributed by atoms with van der Waals surface area (Å²) in [5.41, 5.74) is -0.623. The number of amides is 1. The highest BCUT2D eigenvalue weighted by molar-refractivity contribution is 7.89. The number of benzene rings is 1. The molecule has 1 aromatic heterocycles. The minimum Gasteiger partial charge on any atom is -0.351 e. The van der Waals surface area contributed by atoms with Crippen LogP contribution in [0.5, 0.6) is 0 Å². The van der Waals surface area contributed by atoms with Gasteiger partial charge in [-0.05, 0) is 69.7 Å². The lowest BCUT2D eigenvalue weighted by Gasteiger charge is -2.24. The summed E-state index contributed by atoms with van der Waals surface area (Å²) in [6.45, 7) is 7.40. The molecule has 1 fully saturated rings. The molecule has 3 N–H and O–H groups in total. The van der Waals surface area contributed by atoms with Crippen molar-refractivity contribution >= 4 is 15.9 Å². The number of carbonyl (C=O) groups is 1. The summed E-state index contributed by atoms with van der Waals surface area (Å²) >= 11 is 0. The van der Waals surface area contributed by atoms with Gasteiger partial charge in [0.25, 0.3) is 0 Å². The Bertz CT molecular complexity index is 1190. The van der Waals surface area contributed by atoms with E-state index in [0.717, 1.165) is 38.2 Å². The molecule has 2 aromatic rings. The monoisotopic (exact) mass is 513 g/mol. The van der Waals surface area contributed by atoms with Crippen molar-refractivity contribution in [1.82, 2.24) is 9.88 Å². The molecule has 1 aromatic carbocycles. The number of nitrogens with two attached hydrogens (primary N) is 1. The van der Waals surface area contributed by atoms with Crippen LogP contribution in [0.3, 0.4) is 0 Å². The molecule has 1 amide bonds. The maximum absolute atomic E-state index is 14.0. The van der Waals surface area contributed by atoms with E-state index in [0.29, 0.717) is 23.9 Å². The van der Waals surface area contributed by atoms with Crippen LogP contribution in [0.4, 0.5) is 13.2 Å². The van der Waals surface area contributed by atoms with Gasteiger partial charge in [0.15, 0.2) is 0 Å². The van der Waals surface area contributed by atoms with Gasteiger partial charge in [-0.15, -0.1) is 0 Å². The van der Waals surface area contributed by atoms with Gasteiger partial charge in [-0.3, -0.25) is 4.79 Å². The van der Waals surface area contributed by atoms with Gasteiger partial charge in [-0.1, -0.05) is 31.4 Å². The number of sulfonamides is 1. The standard InChI is InChI=1S/C25H34F3N3O3S/c1-16-22(35(29,33)34)14-21(31(16)15-17-8-6-5-7-9-17)19-11-10-18(20(12-19)25(26,27)28)13-23(32)30-24(2,3)4/h10-12,14,17H,5-9,13,15H2,1-4H3,(H,30,32)(H2,29,33,34). The van der Waals surface area contributed by atoms with Crippen LogP contribution >= 0.6 is 0 Å². The van der Waals surface area contributed by atoms with Gasteiger partial charge >= 0.3 is 6.18 Å². The maximum Gasteiger partial charge on any atom is 0.416 e. The third-order valence-electron chi connectivity index (χ3n) is 6.37. The topological polar surface area (TPSA) is 94.2 Å². The molecule has 10 heteroatoms. The Morgan fingerprint density at radius 2 is 1.74 bits per heavy atom. The predicted molar refractivity (Wildman–Crippen MR) is 129 cm³/mol. The van der Waals surface area contributed by atoms with E-state index < -0.39 is 39.6 Å². The summed E-state index contributed by atoms with van der Waals surface area (Å²) < 4.78 is 68.2. The van der Waals surface area contributed by atoms with Crippen LogP contribution in [0.25, 0.3) is 11.3 Å². The van der Waals surface area contributed by atoms with E-state index >= 15 is 0 Å². The number of halogens is 3. The number of rotatable bonds is 6. The molecule has 0 saturated heterocycles. The van der Waals surface area contributed by atoms with Crippen LogP contribution in [-0.4, -0.2) is 24.4 Å². The van der Waals surface area contributed by atoms with Crippen LogP contribution in [0, 0.1) is 12.8 Å². The number of nitrogens with one attached hydrogen (secondary N) is 1. The molecule has 0 radical (unpaired) electrons. The van der Waals surface area contributed by atoms with E-state index in [1.165, 1.54) is 18.2 Å². The molecule has 0 atom stereocenters. The number of alkyl halides is 3. The third-order valence-corrected chi connectivity index (χ3v) is 7.39. The fourth-order valence-corrected chi connectivity index (χ4v) is 5.60. The quantitative estimate of drug-likeness (QED) is 0.558. The number of hydrogen-bond acceptors (Lipinski definition) is 3. The Labute approximate surface area is 205 Å². The molecule has 0 spiro atoms. The third kappa shape index (κ3) is 6.88. The molecule has 194 valence electrons. The van der Waals surface area contributed by atoms with E-state index in [1.54, 1.807) is 32.3 Å². The van der Waals surface area contributed by atoms with Crippen LogP contribution in [0.1, 0.15) is 69.7 Å². The highest BCUT2D eigenvalue weighted by Gasteiger charge is 2.35. The molecule has 1 heterocycles. The minimum absolute atomic E-state index is 0.0921. The number of primary sulfonamides is 1. The summed E-state index contributed by atoms with van der Waals surface area (Å²) in [6, 6.07) is 5.16. The lowest BCUT2D eigenvalue weighted by atomic mass is 9.89. The van der Waals surface area contributed by atoms with Gasteiger partial charge in [0, 0.05) is 23.5 Å². The van der Waals surface area contributed by atoms with Gasteiger partial charge in [0.05, 0.1) is 12.0 Å². The van der Waals surface area contributed by atoms with Crippen LogP contribution < -0.4 is 10.5 Å². The van der Waals surface area contributed by atoms with Crippen LogP contribution in [-0.2, 0) is 34.0 Å². The SMILES string of the molecule is Cc1c(S(N)(=O)=O)cc(-c2ccc(CC(=O)NC(C)(C)C)c(C(F)(F)F)c2)n1CC1CCCCC1. The van der Waals surface area contributed by atoms with E-state index in [4.69, 9.17) is 5.14 Å². The average Bonchev–Trinajstić information content (AvgIpc) is 3.03. The Morgan fingerprint density at radius 3 is 2.29 bits per heavy atom. The first-order valence-corrected chi connectivity index (χ1v) is 13.4. The van der Waals surface area contributed by atoms with Gasteiger partial charge in [-0.25, -0.2) is 13.6 Å². The number of hydrogen-bond donors (Lipinski definition) is 2. The first kappa shape index (κ1) is 27.3. The van der Waals surface area contributed by atoms with Gasteiger partial charge in [-0.2, -0.15) is 13.2 Å². The van der Waals surface area contributed by atoms with E-state index in [-0.39, 0.29) is 16.0 Å². The Morgan fingerprint density at radius 1 is 1.11 bits per heavy atom. The van der Waals surface area contributed by atoms with Gasteiger partial charge in [0.2, 0.25) is 15.9 Å². The summed E-state index contributed by atoms with van der Waals surface area (Å²) in [5, 5.41) is 8.10. The highest BCUT2D eigenvalue weighted by Crippen LogP contribution is 2.38. The molecule has 35 heavy (non-hydrogen) atoms. The van der Waals surface area contributed by atoms with Crippen molar-refractivity contribution in [3.8, 4) is 11.3 Å². The Balaban J connectivity index is 2.08. The fraction of sp³-hybridized carbons (Fsp3) is 0.560. The molecule has 0 unspecified atom stereocenters. The molecule has 0 bridgehead atoms. The highest BCUT2D eigenvalue weighted by atomic mass is 32.2. The largest absolute Gasteiger partial charge is 0.416 e. The number of carbonyl (C=O) groups excluding carboxylic acids is 1. The second-order valence-electron chi connectivity index (χ2n) is 10.5. The average molecular weight is 514 g/mol. The first-order valence-electron chi connectivity index (χ1n) is 11.8.